The van der Waals surface area contributed by atoms with E-state index in [1.807, 2.05) is 20.2 Å². The Balaban J connectivity index is 4.59. The fourth-order valence-corrected chi connectivity index (χ4v) is 6.07. The quantitative estimate of drug-likeness (QED) is 0.0223. The van der Waals surface area contributed by atoms with E-state index in [1.165, 1.54) is 116 Å². The maximum atomic E-state index is 12.5. The first-order chi connectivity index (χ1) is 26.5. The van der Waals surface area contributed by atoms with Crippen molar-refractivity contribution in [3.8, 4) is 0 Å². The van der Waals surface area contributed by atoms with Gasteiger partial charge in [0.05, 0.1) is 12.9 Å². The standard InChI is InChI=1S/C49H85NO4/c1-5-7-9-11-13-15-17-19-21-23-25-27-29-31-33-35-39-47(46-54-49(52)41-37-42-50(3)4)45-48(40-38-43-51)53-44-36-34-32-30-28-26-24-22-20-18-16-14-12-10-8-6-2/h13-16,19-22,38,40,43,45,51H,5-12,17-18,23-37,39,41-42,44,46H2,1-4H3/b15-13-,16-14-,21-19-,22-20-,43-38+,47-45+,48-40+. The molecule has 0 heterocycles. The fourth-order valence-electron chi connectivity index (χ4n) is 6.07. The molecule has 0 unspecified atom stereocenters. The molecule has 310 valence electrons. The minimum Gasteiger partial charge on any atom is -0.516 e. The highest BCUT2D eigenvalue weighted by Gasteiger charge is 2.08. The third-order valence-corrected chi connectivity index (χ3v) is 9.41. The van der Waals surface area contributed by atoms with Crippen LogP contribution in [0.4, 0.5) is 0 Å². The Morgan fingerprint density at radius 1 is 0.556 bits per heavy atom. The van der Waals surface area contributed by atoms with E-state index < -0.39 is 0 Å². The van der Waals surface area contributed by atoms with Gasteiger partial charge in [0.2, 0.25) is 0 Å². The average Bonchev–Trinajstić information content (AvgIpc) is 3.16. The van der Waals surface area contributed by atoms with Crippen LogP contribution in [0.25, 0.3) is 0 Å². The molecule has 0 saturated heterocycles. The van der Waals surface area contributed by atoms with Gasteiger partial charge >= 0.3 is 5.97 Å². The number of rotatable bonds is 39. The lowest BCUT2D eigenvalue weighted by Gasteiger charge is -2.13. The van der Waals surface area contributed by atoms with Gasteiger partial charge in [-0.3, -0.25) is 4.79 Å². The van der Waals surface area contributed by atoms with E-state index >= 15 is 0 Å². The largest absolute Gasteiger partial charge is 0.516 e. The Morgan fingerprint density at radius 3 is 1.54 bits per heavy atom. The Hall–Kier alpha value is -2.79. The summed E-state index contributed by atoms with van der Waals surface area (Å²) in [6.45, 7) is 6.30. The Kier molecular flexibility index (Phi) is 40.7. The van der Waals surface area contributed by atoms with Gasteiger partial charge < -0.3 is 19.5 Å². The third-order valence-electron chi connectivity index (χ3n) is 9.41. The molecule has 0 amide bonds. The molecule has 0 bridgehead atoms. The summed E-state index contributed by atoms with van der Waals surface area (Å²) >= 11 is 0. The van der Waals surface area contributed by atoms with Crippen LogP contribution in [0.5, 0.6) is 0 Å². The summed E-state index contributed by atoms with van der Waals surface area (Å²) in [6, 6.07) is 0. The van der Waals surface area contributed by atoms with Crippen LogP contribution in [-0.2, 0) is 14.3 Å². The van der Waals surface area contributed by atoms with Gasteiger partial charge in [-0.15, -0.1) is 0 Å². The molecule has 0 saturated carbocycles. The molecule has 0 aromatic heterocycles. The summed E-state index contributed by atoms with van der Waals surface area (Å²) in [5.74, 6) is 0.560. The SMILES string of the molecule is CCCCC/C=C\C/C=C\CCCCCCCCOC(/C=C(\CCCCCCCC/C=C\C/C=C\CCCCC)COC(=O)CCCN(C)C)=C/C=C/O. The van der Waals surface area contributed by atoms with Crippen LogP contribution in [0.3, 0.4) is 0 Å². The number of ether oxygens (including phenoxy) is 2. The van der Waals surface area contributed by atoms with Gasteiger partial charge in [-0.1, -0.05) is 140 Å². The predicted molar refractivity (Wildman–Crippen MR) is 236 cm³/mol. The molecule has 0 rings (SSSR count). The van der Waals surface area contributed by atoms with Gasteiger partial charge in [-0.2, -0.15) is 0 Å². The lowest BCUT2D eigenvalue weighted by Crippen LogP contribution is -2.15. The molecule has 5 heteroatoms. The van der Waals surface area contributed by atoms with Crippen molar-refractivity contribution >= 4 is 5.97 Å². The van der Waals surface area contributed by atoms with Crippen molar-refractivity contribution in [2.24, 2.45) is 0 Å². The molecule has 0 aliphatic heterocycles. The topological polar surface area (TPSA) is 59.0 Å². The summed E-state index contributed by atoms with van der Waals surface area (Å²) in [5.41, 5.74) is 1.06. The van der Waals surface area contributed by atoms with Crippen molar-refractivity contribution in [1.29, 1.82) is 0 Å². The Bertz CT molecular complexity index is 1030. The molecule has 0 aliphatic carbocycles. The second-order valence-corrected chi connectivity index (χ2v) is 15.0. The van der Waals surface area contributed by atoms with Crippen molar-refractivity contribution in [2.75, 3.05) is 33.9 Å². The van der Waals surface area contributed by atoms with Crippen LogP contribution in [-0.4, -0.2) is 49.8 Å². The second-order valence-electron chi connectivity index (χ2n) is 15.0. The Morgan fingerprint density at radius 2 is 1.04 bits per heavy atom. The van der Waals surface area contributed by atoms with Crippen molar-refractivity contribution in [3.05, 3.63) is 84.4 Å². The molecule has 0 aliphatic rings. The molecule has 0 aromatic rings. The number of nitrogens with zero attached hydrogens (tertiary/aromatic N) is 1. The monoisotopic (exact) mass is 752 g/mol. The van der Waals surface area contributed by atoms with E-state index in [0.29, 0.717) is 18.8 Å². The number of allylic oxidation sites excluding steroid dienone is 11. The minimum absolute atomic E-state index is 0.150. The smallest absolute Gasteiger partial charge is 0.306 e. The van der Waals surface area contributed by atoms with Crippen LogP contribution in [0, 0.1) is 0 Å². The van der Waals surface area contributed by atoms with E-state index in [1.54, 1.807) is 12.2 Å². The van der Waals surface area contributed by atoms with Crippen molar-refractivity contribution in [2.45, 2.75) is 187 Å². The zero-order chi connectivity index (χ0) is 39.4. The number of carbonyl (C=O) groups excluding carboxylic acids is 1. The van der Waals surface area contributed by atoms with Gasteiger partial charge in [0.15, 0.2) is 0 Å². The number of hydrogen-bond donors (Lipinski definition) is 1. The average molecular weight is 752 g/mol. The van der Waals surface area contributed by atoms with Crippen molar-refractivity contribution in [1.82, 2.24) is 4.90 Å². The van der Waals surface area contributed by atoms with E-state index in [9.17, 15) is 9.90 Å². The molecular formula is C49H85NO4. The third kappa shape index (κ3) is 40.4. The van der Waals surface area contributed by atoms with Gasteiger partial charge in [-0.25, -0.2) is 0 Å². The molecule has 54 heavy (non-hydrogen) atoms. The molecule has 0 aromatic carbocycles. The first-order valence-corrected chi connectivity index (χ1v) is 22.3. The second kappa shape index (κ2) is 42.9. The number of unbranched alkanes of at least 4 members (excludes halogenated alkanes) is 18. The molecule has 5 nitrogen and oxygen atoms in total. The predicted octanol–water partition coefficient (Wildman–Crippen LogP) is 14.8. The van der Waals surface area contributed by atoms with Gasteiger partial charge in [0.1, 0.15) is 12.4 Å². The van der Waals surface area contributed by atoms with Crippen LogP contribution in [0.1, 0.15) is 187 Å². The van der Waals surface area contributed by atoms with Crippen LogP contribution >= 0.6 is 0 Å². The number of aliphatic hydroxyl groups excluding tert-OH is 1. The van der Waals surface area contributed by atoms with Crippen LogP contribution < -0.4 is 0 Å². The van der Waals surface area contributed by atoms with Gasteiger partial charge in [-0.05, 0) is 134 Å². The number of hydrogen-bond acceptors (Lipinski definition) is 5. The van der Waals surface area contributed by atoms with Crippen LogP contribution in [0.15, 0.2) is 84.4 Å². The summed E-state index contributed by atoms with van der Waals surface area (Å²) in [7, 11) is 4.04. The van der Waals surface area contributed by atoms with Crippen LogP contribution in [0.2, 0.25) is 0 Å². The molecular weight excluding hydrogens is 667 g/mol. The van der Waals surface area contributed by atoms with E-state index in [-0.39, 0.29) is 12.6 Å². The highest BCUT2D eigenvalue weighted by Crippen LogP contribution is 2.17. The first-order valence-electron chi connectivity index (χ1n) is 22.3. The summed E-state index contributed by atoms with van der Waals surface area (Å²) < 4.78 is 11.9. The maximum Gasteiger partial charge on any atom is 0.306 e. The summed E-state index contributed by atoms with van der Waals surface area (Å²) in [5, 5.41) is 9.34. The van der Waals surface area contributed by atoms with E-state index in [4.69, 9.17) is 9.47 Å². The van der Waals surface area contributed by atoms with E-state index in [0.717, 1.165) is 69.7 Å². The molecule has 0 atom stereocenters. The zero-order valence-corrected chi connectivity index (χ0v) is 35.8. The van der Waals surface area contributed by atoms with Crippen molar-refractivity contribution < 1.29 is 19.4 Å². The van der Waals surface area contributed by atoms with Crippen molar-refractivity contribution in [3.63, 3.8) is 0 Å². The molecule has 0 fully saturated rings. The zero-order valence-electron chi connectivity index (χ0n) is 35.8. The summed E-state index contributed by atoms with van der Waals surface area (Å²) in [4.78, 5) is 14.6. The number of esters is 1. The normalized spacial score (nSPS) is 13.0. The lowest BCUT2D eigenvalue weighted by molar-refractivity contribution is -0.142. The number of aliphatic hydroxyl groups is 1. The summed E-state index contributed by atoms with van der Waals surface area (Å²) in [6.07, 6.45) is 56.2. The lowest BCUT2D eigenvalue weighted by atomic mass is 10.0. The molecule has 0 spiro atoms. The highest BCUT2D eigenvalue weighted by molar-refractivity contribution is 5.69. The maximum absolute atomic E-state index is 12.5. The fraction of sp³-hybridized carbons (Fsp3) is 0.694. The van der Waals surface area contributed by atoms with E-state index in [2.05, 4.69) is 67.4 Å². The van der Waals surface area contributed by atoms with Gasteiger partial charge in [0, 0.05) is 6.42 Å². The first kappa shape index (κ1) is 51.2. The number of carbonyl (C=O) groups is 1. The minimum atomic E-state index is -0.150. The molecule has 0 radical (unpaired) electrons. The Labute approximate surface area is 334 Å². The highest BCUT2D eigenvalue weighted by atomic mass is 16.5. The molecule has 1 N–H and O–H groups in total. The van der Waals surface area contributed by atoms with Gasteiger partial charge in [0.25, 0.3) is 0 Å².